The molecule has 0 bridgehead atoms. The summed E-state index contributed by atoms with van der Waals surface area (Å²) in [5.41, 5.74) is 1.32. The number of nitro groups is 1. The van der Waals surface area contributed by atoms with Crippen molar-refractivity contribution in [3.8, 4) is 0 Å². The van der Waals surface area contributed by atoms with Crippen molar-refractivity contribution in [3.05, 3.63) is 40.1 Å². The number of fused-ring (bicyclic) bond motifs is 1. The zero-order valence-electron chi connectivity index (χ0n) is 13.8. The molecule has 7 heteroatoms. The first-order chi connectivity index (χ1) is 10.7. The number of anilines is 1. The van der Waals surface area contributed by atoms with Crippen LogP contribution < -0.4 is 5.32 Å². The van der Waals surface area contributed by atoms with E-state index >= 15 is 0 Å². The summed E-state index contributed by atoms with van der Waals surface area (Å²) in [6.45, 7) is 4.44. The van der Waals surface area contributed by atoms with Gasteiger partial charge in [0.15, 0.2) is 0 Å². The van der Waals surface area contributed by atoms with Crippen LogP contribution in [-0.4, -0.2) is 52.7 Å². The number of aryl methyl sites for hydroxylation is 1. The Morgan fingerprint density at radius 2 is 2.09 bits per heavy atom. The van der Waals surface area contributed by atoms with Crippen LogP contribution in [-0.2, 0) is 0 Å². The van der Waals surface area contributed by atoms with Gasteiger partial charge >= 0.3 is 0 Å². The Balaban J connectivity index is 2.35. The van der Waals surface area contributed by atoms with Crippen molar-refractivity contribution in [2.45, 2.75) is 19.4 Å². The Morgan fingerprint density at radius 3 is 2.70 bits per heavy atom. The van der Waals surface area contributed by atoms with Crippen LogP contribution in [0.4, 0.5) is 11.4 Å². The predicted octanol–water partition coefficient (Wildman–Crippen LogP) is 2.18. The molecule has 124 valence electrons. The van der Waals surface area contributed by atoms with Crippen LogP contribution in [0.5, 0.6) is 0 Å². The van der Waals surface area contributed by atoms with Gasteiger partial charge in [0, 0.05) is 42.0 Å². The van der Waals surface area contributed by atoms with Gasteiger partial charge < -0.3 is 15.3 Å². The quantitative estimate of drug-likeness (QED) is 0.626. The van der Waals surface area contributed by atoms with E-state index in [1.807, 2.05) is 32.0 Å². The third-order valence-electron chi connectivity index (χ3n) is 3.45. The first kappa shape index (κ1) is 17.1. The number of pyridine rings is 1. The van der Waals surface area contributed by atoms with Crippen molar-refractivity contribution in [2.24, 2.45) is 0 Å². The number of nitrogens with zero attached hydrogens (tertiary/aromatic N) is 3. The maximum absolute atomic E-state index is 11.0. The number of aromatic nitrogens is 1. The van der Waals surface area contributed by atoms with Gasteiger partial charge in [0.1, 0.15) is 0 Å². The summed E-state index contributed by atoms with van der Waals surface area (Å²) in [5, 5.41) is 25.3. The SMILES string of the molecule is Cc1cc(NC[C@](C)(O)CN(C)C)c2cc([N+](=O)[O-])ccc2n1. The Morgan fingerprint density at radius 1 is 1.39 bits per heavy atom. The molecule has 0 aliphatic heterocycles. The molecule has 1 aromatic carbocycles. The molecule has 0 saturated heterocycles. The number of hydrogen-bond donors (Lipinski definition) is 2. The monoisotopic (exact) mass is 318 g/mol. The molecule has 0 radical (unpaired) electrons. The number of aliphatic hydroxyl groups is 1. The molecule has 2 N–H and O–H groups in total. The molecule has 2 rings (SSSR count). The molecule has 2 aromatic rings. The molecule has 0 aliphatic carbocycles. The summed E-state index contributed by atoms with van der Waals surface area (Å²) in [6, 6.07) is 6.42. The van der Waals surface area contributed by atoms with Crippen LogP contribution in [0.15, 0.2) is 24.3 Å². The molecule has 1 atom stereocenters. The van der Waals surface area contributed by atoms with Crippen LogP contribution in [0.3, 0.4) is 0 Å². The zero-order valence-corrected chi connectivity index (χ0v) is 13.8. The maximum atomic E-state index is 11.0. The molecular formula is C16H22N4O3. The van der Waals surface area contributed by atoms with Crippen molar-refractivity contribution < 1.29 is 10.0 Å². The third kappa shape index (κ3) is 4.37. The molecule has 0 spiro atoms. The minimum absolute atomic E-state index is 0.0197. The standard InChI is InChI=1S/C16H22N4O3/c1-11-7-15(17-9-16(2,21)10-19(3)4)13-8-12(20(22)23)5-6-14(13)18-11/h5-8,21H,9-10H2,1-4H3,(H,17,18)/t16-/m0/s1. The van der Waals surface area contributed by atoms with Gasteiger partial charge in [-0.25, -0.2) is 0 Å². The lowest BCUT2D eigenvalue weighted by Gasteiger charge is -2.27. The zero-order chi connectivity index (χ0) is 17.2. The molecule has 0 aliphatic rings. The number of rotatable bonds is 6. The summed E-state index contributed by atoms with van der Waals surface area (Å²) in [6.07, 6.45) is 0. The Labute approximate surface area is 135 Å². The van der Waals surface area contributed by atoms with Crippen LogP contribution in [0.2, 0.25) is 0 Å². The maximum Gasteiger partial charge on any atom is 0.270 e. The van der Waals surface area contributed by atoms with Gasteiger partial charge in [-0.3, -0.25) is 15.1 Å². The lowest BCUT2D eigenvalue weighted by atomic mass is 10.1. The average molecular weight is 318 g/mol. The van der Waals surface area contributed by atoms with Crippen molar-refractivity contribution in [3.63, 3.8) is 0 Å². The largest absolute Gasteiger partial charge is 0.387 e. The lowest BCUT2D eigenvalue weighted by molar-refractivity contribution is -0.384. The Kier molecular flexibility index (Phi) is 4.82. The highest BCUT2D eigenvalue weighted by Gasteiger charge is 2.21. The second-order valence-electron chi connectivity index (χ2n) is 6.36. The molecule has 0 amide bonds. The second-order valence-corrected chi connectivity index (χ2v) is 6.36. The minimum atomic E-state index is -0.923. The van der Waals surface area contributed by atoms with E-state index < -0.39 is 10.5 Å². The molecule has 1 heterocycles. The van der Waals surface area contributed by atoms with Gasteiger partial charge in [-0.15, -0.1) is 0 Å². The summed E-state index contributed by atoms with van der Waals surface area (Å²) >= 11 is 0. The molecule has 1 aromatic heterocycles. The van der Waals surface area contributed by atoms with Gasteiger partial charge in [0.05, 0.1) is 16.0 Å². The smallest absolute Gasteiger partial charge is 0.270 e. The highest BCUT2D eigenvalue weighted by molar-refractivity contribution is 5.93. The van der Waals surface area contributed by atoms with Gasteiger partial charge in [-0.05, 0) is 40.1 Å². The van der Waals surface area contributed by atoms with E-state index in [0.29, 0.717) is 24.0 Å². The first-order valence-corrected chi connectivity index (χ1v) is 7.35. The number of benzene rings is 1. The van der Waals surface area contributed by atoms with Gasteiger partial charge in [0.2, 0.25) is 0 Å². The number of non-ortho nitro benzene ring substituents is 1. The van der Waals surface area contributed by atoms with E-state index in [9.17, 15) is 15.2 Å². The topological polar surface area (TPSA) is 91.5 Å². The van der Waals surface area contributed by atoms with E-state index in [-0.39, 0.29) is 5.69 Å². The molecule has 0 saturated carbocycles. The van der Waals surface area contributed by atoms with Crippen molar-refractivity contribution in [1.82, 2.24) is 9.88 Å². The normalized spacial score (nSPS) is 14.0. The van der Waals surface area contributed by atoms with Crippen LogP contribution >= 0.6 is 0 Å². The van der Waals surface area contributed by atoms with Crippen molar-refractivity contribution in [1.29, 1.82) is 0 Å². The number of likely N-dealkylation sites (N-methyl/N-ethyl adjacent to an activating group) is 1. The van der Waals surface area contributed by atoms with Crippen molar-refractivity contribution in [2.75, 3.05) is 32.5 Å². The highest BCUT2D eigenvalue weighted by Crippen LogP contribution is 2.27. The van der Waals surface area contributed by atoms with E-state index in [1.54, 1.807) is 13.0 Å². The van der Waals surface area contributed by atoms with E-state index in [0.717, 1.165) is 11.4 Å². The van der Waals surface area contributed by atoms with Crippen LogP contribution in [0, 0.1) is 17.0 Å². The lowest BCUT2D eigenvalue weighted by Crippen LogP contribution is -2.43. The Bertz CT molecular complexity index is 729. The van der Waals surface area contributed by atoms with Crippen molar-refractivity contribution >= 4 is 22.3 Å². The van der Waals surface area contributed by atoms with E-state index in [4.69, 9.17) is 0 Å². The van der Waals surface area contributed by atoms with Crippen LogP contribution in [0.25, 0.3) is 10.9 Å². The second kappa shape index (κ2) is 6.47. The molecular weight excluding hydrogens is 296 g/mol. The fraction of sp³-hybridized carbons (Fsp3) is 0.438. The average Bonchev–Trinajstić information content (AvgIpc) is 2.42. The predicted molar refractivity (Wildman–Crippen MR) is 90.8 cm³/mol. The number of nitrogens with one attached hydrogen (secondary N) is 1. The van der Waals surface area contributed by atoms with Gasteiger partial charge in [0.25, 0.3) is 5.69 Å². The summed E-state index contributed by atoms with van der Waals surface area (Å²) in [7, 11) is 3.79. The Hall–Kier alpha value is -2.25. The molecule has 7 nitrogen and oxygen atoms in total. The summed E-state index contributed by atoms with van der Waals surface area (Å²) < 4.78 is 0. The van der Waals surface area contributed by atoms with Crippen LogP contribution in [0.1, 0.15) is 12.6 Å². The summed E-state index contributed by atoms with van der Waals surface area (Å²) in [4.78, 5) is 16.9. The van der Waals surface area contributed by atoms with Gasteiger partial charge in [-0.1, -0.05) is 0 Å². The number of nitro benzene ring substituents is 1. The first-order valence-electron chi connectivity index (χ1n) is 7.35. The van der Waals surface area contributed by atoms with E-state index in [2.05, 4.69) is 10.3 Å². The minimum Gasteiger partial charge on any atom is -0.387 e. The molecule has 0 fully saturated rings. The summed E-state index contributed by atoms with van der Waals surface area (Å²) in [5.74, 6) is 0. The fourth-order valence-electron chi connectivity index (χ4n) is 2.63. The number of hydrogen-bond acceptors (Lipinski definition) is 6. The molecule has 0 unspecified atom stereocenters. The van der Waals surface area contributed by atoms with E-state index in [1.165, 1.54) is 12.1 Å². The highest BCUT2D eigenvalue weighted by atomic mass is 16.6. The molecule has 23 heavy (non-hydrogen) atoms. The third-order valence-corrected chi connectivity index (χ3v) is 3.45. The van der Waals surface area contributed by atoms with Gasteiger partial charge in [-0.2, -0.15) is 0 Å². The fourth-order valence-corrected chi connectivity index (χ4v) is 2.63.